The van der Waals surface area contributed by atoms with Crippen LogP contribution in [0.15, 0.2) is 49.3 Å². The Morgan fingerprint density at radius 1 is 1.18 bits per heavy atom. The SMILES string of the molecule is N#Cc1nn(-c2cc(Br)c(Oc3ncnc4[nH]ccc34)c(Br)c2)c(=O)[nH]c1=O. The summed E-state index contributed by atoms with van der Waals surface area (Å²) in [5.41, 5.74) is -1.12. The number of rotatable bonds is 3. The van der Waals surface area contributed by atoms with Gasteiger partial charge in [0.05, 0.1) is 20.0 Å². The number of ether oxygens (including phenoxy) is 1. The molecule has 28 heavy (non-hydrogen) atoms. The molecule has 138 valence electrons. The summed E-state index contributed by atoms with van der Waals surface area (Å²) in [5.74, 6) is 0.745. The highest BCUT2D eigenvalue weighted by Gasteiger charge is 2.16. The van der Waals surface area contributed by atoms with E-state index in [1.165, 1.54) is 6.33 Å². The van der Waals surface area contributed by atoms with Crippen molar-refractivity contribution in [1.82, 2.24) is 29.7 Å². The van der Waals surface area contributed by atoms with Gasteiger partial charge < -0.3 is 9.72 Å². The van der Waals surface area contributed by atoms with Gasteiger partial charge in [0.2, 0.25) is 11.6 Å². The predicted molar refractivity (Wildman–Crippen MR) is 105 cm³/mol. The van der Waals surface area contributed by atoms with Gasteiger partial charge in [0.25, 0.3) is 5.56 Å². The molecule has 0 aliphatic carbocycles. The summed E-state index contributed by atoms with van der Waals surface area (Å²) in [5, 5.41) is 13.4. The summed E-state index contributed by atoms with van der Waals surface area (Å²) in [7, 11) is 0. The van der Waals surface area contributed by atoms with Crippen LogP contribution in [0.25, 0.3) is 16.7 Å². The zero-order valence-electron chi connectivity index (χ0n) is 13.6. The fourth-order valence-corrected chi connectivity index (χ4v) is 3.77. The van der Waals surface area contributed by atoms with E-state index in [0.717, 1.165) is 4.68 Å². The van der Waals surface area contributed by atoms with Crippen LogP contribution in [0.4, 0.5) is 0 Å². The molecule has 0 atom stereocenters. The maximum absolute atomic E-state index is 12.1. The number of halogens is 2. The highest BCUT2D eigenvalue weighted by atomic mass is 79.9. The van der Waals surface area contributed by atoms with E-state index in [9.17, 15) is 9.59 Å². The molecule has 0 aliphatic heterocycles. The number of fused-ring (bicyclic) bond motifs is 1. The van der Waals surface area contributed by atoms with Crippen LogP contribution in [0, 0.1) is 11.3 Å². The lowest BCUT2D eigenvalue weighted by atomic mass is 10.3. The van der Waals surface area contributed by atoms with Gasteiger partial charge in [-0.2, -0.15) is 9.94 Å². The number of nitrogens with zero attached hydrogens (tertiary/aromatic N) is 5. The molecule has 0 saturated heterocycles. The molecule has 0 radical (unpaired) electrons. The minimum Gasteiger partial charge on any atom is -0.436 e. The molecule has 2 N–H and O–H groups in total. The van der Waals surface area contributed by atoms with Gasteiger partial charge >= 0.3 is 5.69 Å². The van der Waals surface area contributed by atoms with E-state index in [0.29, 0.717) is 37.3 Å². The fraction of sp³-hybridized carbons (Fsp3) is 0. The normalized spacial score (nSPS) is 10.8. The zero-order valence-corrected chi connectivity index (χ0v) is 16.8. The Hall–Kier alpha value is -3.30. The molecule has 10 nitrogen and oxygen atoms in total. The minimum atomic E-state index is -0.846. The monoisotopic (exact) mass is 503 g/mol. The highest BCUT2D eigenvalue weighted by molar-refractivity contribution is 9.11. The lowest BCUT2D eigenvalue weighted by Gasteiger charge is -2.12. The second-order valence-corrected chi connectivity index (χ2v) is 7.10. The molecule has 0 aliphatic rings. The third-order valence-corrected chi connectivity index (χ3v) is 4.86. The molecule has 0 spiro atoms. The van der Waals surface area contributed by atoms with Crippen LogP contribution >= 0.6 is 31.9 Å². The molecule has 1 aromatic carbocycles. The second kappa shape index (κ2) is 7.02. The summed E-state index contributed by atoms with van der Waals surface area (Å²) < 4.78 is 7.79. The molecule has 0 fully saturated rings. The Bertz CT molecular complexity index is 1360. The molecule has 0 saturated carbocycles. The molecule has 3 aromatic heterocycles. The van der Waals surface area contributed by atoms with E-state index >= 15 is 0 Å². The number of hydrogen-bond acceptors (Lipinski definition) is 7. The van der Waals surface area contributed by atoms with Crippen LogP contribution < -0.4 is 16.0 Å². The molecule has 0 bridgehead atoms. The summed E-state index contributed by atoms with van der Waals surface area (Å²) in [4.78, 5) is 36.9. The summed E-state index contributed by atoms with van der Waals surface area (Å²) in [6.45, 7) is 0. The number of nitriles is 1. The van der Waals surface area contributed by atoms with Crippen molar-refractivity contribution >= 4 is 42.9 Å². The van der Waals surface area contributed by atoms with E-state index in [4.69, 9.17) is 10.00 Å². The van der Waals surface area contributed by atoms with Crippen molar-refractivity contribution in [3.05, 3.63) is 66.2 Å². The first kappa shape index (κ1) is 18.1. The summed E-state index contributed by atoms with van der Waals surface area (Å²) in [6, 6.07) is 6.54. The van der Waals surface area contributed by atoms with Crippen LogP contribution in [0.3, 0.4) is 0 Å². The van der Waals surface area contributed by atoms with E-state index < -0.39 is 16.9 Å². The molecule has 0 amide bonds. The molecular formula is C16H7Br2N7O3. The van der Waals surface area contributed by atoms with Crippen molar-refractivity contribution in [2.75, 3.05) is 0 Å². The second-order valence-electron chi connectivity index (χ2n) is 5.39. The van der Waals surface area contributed by atoms with Crippen molar-refractivity contribution in [1.29, 1.82) is 5.26 Å². The van der Waals surface area contributed by atoms with Gasteiger partial charge in [0.15, 0.2) is 5.75 Å². The molecule has 4 aromatic rings. The highest BCUT2D eigenvalue weighted by Crippen LogP contribution is 2.39. The third kappa shape index (κ3) is 3.10. The number of aromatic amines is 2. The Labute approximate surface area is 172 Å². The van der Waals surface area contributed by atoms with Gasteiger partial charge in [-0.05, 0) is 50.1 Å². The molecule has 3 heterocycles. The largest absolute Gasteiger partial charge is 0.436 e. The zero-order chi connectivity index (χ0) is 19.8. The van der Waals surface area contributed by atoms with Crippen molar-refractivity contribution in [2.45, 2.75) is 0 Å². The topological polar surface area (TPSA) is 142 Å². The van der Waals surface area contributed by atoms with Gasteiger partial charge in [-0.1, -0.05) is 0 Å². The summed E-state index contributed by atoms with van der Waals surface area (Å²) >= 11 is 6.79. The molecule has 12 heteroatoms. The lowest BCUT2D eigenvalue weighted by molar-refractivity contribution is 0.462. The molecule has 4 rings (SSSR count). The molecule has 0 unspecified atom stereocenters. The van der Waals surface area contributed by atoms with Gasteiger partial charge in [-0.3, -0.25) is 9.78 Å². The number of aromatic nitrogens is 6. The van der Waals surface area contributed by atoms with Gasteiger partial charge in [-0.25, -0.2) is 14.8 Å². The first-order valence-electron chi connectivity index (χ1n) is 7.57. The molecular weight excluding hydrogens is 498 g/mol. The van der Waals surface area contributed by atoms with E-state index in [1.807, 2.05) is 0 Å². The van der Waals surface area contributed by atoms with Crippen LogP contribution in [0.2, 0.25) is 0 Å². The van der Waals surface area contributed by atoms with Crippen molar-refractivity contribution in [2.24, 2.45) is 0 Å². The standard InChI is InChI=1S/C16H7Br2N7O3/c17-9-3-7(25-16(27)23-14(26)11(5-19)24-25)4-10(18)12(9)28-15-8-1-2-20-13(8)21-6-22-15/h1-4,6H,(H,20,21,22)(H,23,26,27). The summed E-state index contributed by atoms with van der Waals surface area (Å²) in [6.07, 6.45) is 3.10. The van der Waals surface area contributed by atoms with Crippen LogP contribution in [-0.2, 0) is 0 Å². The predicted octanol–water partition coefficient (Wildman–Crippen LogP) is 2.38. The Morgan fingerprint density at radius 3 is 2.64 bits per heavy atom. The van der Waals surface area contributed by atoms with Crippen molar-refractivity contribution < 1.29 is 4.74 Å². The first-order chi connectivity index (χ1) is 13.5. The van der Waals surface area contributed by atoms with Gasteiger partial charge in [-0.15, -0.1) is 5.10 Å². The number of hydrogen-bond donors (Lipinski definition) is 2. The Balaban J connectivity index is 1.80. The van der Waals surface area contributed by atoms with E-state index in [-0.39, 0.29) is 0 Å². The average Bonchev–Trinajstić information content (AvgIpc) is 3.14. The third-order valence-electron chi connectivity index (χ3n) is 3.68. The smallest absolute Gasteiger partial charge is 0.349 e. The van der Waals surface area contributed by atoms with Gasteiger partial charge in [0, 0.05) is 6.20 Å². The van der Waals surface area contributed by atoms with Crippen molar-refractivity contribution in [3.8, 4) is 23.4 Å². The number of nitrogens with one attached hydrogen (secondary N) is 2. The van der Waals surface area contributed by atoms with Crippen LogP contribution in [-0.4, -0.2) is 29.7 Å². The minimum absolute atomic E-state index is 0.304. The van der Waals surface area contributed by atoms with Crippen molar-refractivity contribution in [3.63, 3.8) is 0 Å². The first-order valence-corrected chi connectivity index (χ1v) is 9.15. The quantitative estimate of drug-likeness (QED) is 0.436. The number of H-pyrrole nitrogens is 2. The van der Waals surface area contributed by atoms with E-state index in [2.05, 4.69) is 56.9 Å². The maximum Gasteiger partial charge on any atom is 0.349 e. The van der Waals surface area contributed by atoms with E-state index in [1.54, 1.807) is 30.5 Å². The Kier molecular flexibility index (Phi) is 4.54. The maximum atomic E-state index is 12.1. The lowest BCUT2D eigenvalue weighted by Crippen LogP contribution is -2.33. The van der Waals surface area contributed by atoms with Gasteiger partial charge in [0.1, 0.15) is 18.0 Å². The number of benzene rings is 1. The van der Waals surface area contributed by atoms with Crippen LogP contribution in [0.5, 0.6) is 11.6 Å². The van der Waals surface area contributed by atoms with Crippen LogP contribution in [0.1, 0.15) is 5.69 Å². The fourth-order valence-electron chi connectivity index (χ4n) is 2.44. The Morgan fingerprint density at radius 2 is 1.93 bits per heavy atom. The average molecular weight is 505 g/mol.